The van der Waals surface area contributed by atoms with Crippen LogP contribution in [0, 0.1) is 5.41 Å². The Labute approximate surface area is 105 Å². The first kappa shape index (κ1) is 14.3. The average Bonchev–Trinajstić information content (AvgIpc) is 3.10. The molecule has 0 saturated heterocycles. The van der Waals surface area contributed by atoms with Crippen molar-refractivity contribution in [2.45, 2.75) is 58.9 Å². The van der Waals surface area contributed by atoms with E-state index in [1.165, 1.54) is 25.8 Å². The molecule has 1 aliphatic carbocycles. The highest BCUT2D eigenvalue weighted by atomic mass is 16.4. The maximum absolute atomic E-state index is 8.71. The Hall–Kier alpha value is -0.770. The minimum absolute atomic E-state index is 0.198. The predicted octanol–water partition coefficient (Wildman–Crippen LogP) is 2.41. The number of nitrogens with two attached hydrogens (primary N) is 1. The molecule has 0 bridgehead atoms. The summed E-state index contributed by atoms with van der Waals surface area (Å²) in [5.74, 6) is 0.339. The molecule has 0 amide bonds. The monoisotopic (exact) mass is 241 g/mol. The first-order valence-electron chi connectivity index (χ1n) is 6.73. The van der Waals surface area contributed by atoms with Crippen LogP contribution in [0.4, 0.5) is 0 Å². The van der Waals surface area contributed by atoms with Gasteiger partial charge in [-0.25, -0.2) is 0 Å². The van der Waals surface area contributed by atoms with Crippen LogP contribution in [0.2, 0.25) is 0 Å². The lowest BCUT2D eigenvalue weighted by molar-refractivity contribution is 0.246. The third kappa shape index (κ3) is 4.54. The minimum atomic E-state index is -0.198. The molecular weight excluding hydrogens is 214 g/mol. The van der Waals surface area contributed by atoms with E-state index in [9.17, 15) is 0 Å². The molecule has 0 aromatic rings. The molecule has 0 radical (unpaired) electrons. The minimum Gasteiger partial charge on any atom is -0.409 e. The summed E-state index contributed by atoms with van der Waals surface area (Å²) in [7, 11) is 0. The summed E-state index contributed by atoms with van der Waals surface area (Å²) in [4.78, 5) is 2.59. The Morgan fingerprint density at radius 1 is 1.41 bits per heavy atom. The van der Waals surface area contributed by atoms with Gasteiger partial charge in [0.15, 0.2) is 0 Å². The highest BCUT2D eigenvalue weighted by molar-refractivity contribution is 5.85. The summed E-state index contributed by atoms with van der Waals surface area (Å²) in [6.07, 6.45) is 6.03. The van der Waals surface area contributed by atoms with Crippen molar-refractivity contribution in [3.8, 4) is 0 Å². The highest BCUT2D eigenvalue weighted by Gasteiger charge is 2.29. The van der Waals surface area contributed by atoms with Gasteiger partial charge in [0.05, 0.1) is 0 Å². The summed E-state index contributed by atoms with van der Waals surface area (Å²) >= 11 is 0. The van der Waals surface area contributed by atoms with E-state index in [1.807, 2.05) is 13.8 Å². The number of nitrogens with zero attached hydrogens (tertiary/aromatic N) is 2. The van der Waals surface area contributed by atoms with Gasteiger partial charge in [0.25, 0.3) is 0 Å². The van der Waals surface area contributed by atoms with E-state index >= 15 is 0 Å². The fourth-order valence-electron chi connectivity index (χ4n) is 2.19. The quantitative estimate of drug-likeness (QED) is 0.297. The highest BCUT2D eigenvalue weighted by Crippen LogP contribution is 2.28. The standard InChI is InChI=1S/C13H27N3O/c1-4-9-16(11-6-7-11)10-5-8-13(2,3)12(14)15-17/h11,17H,4-10H2,1-3H3,(H2,14,15). The predicted molar refractivity (Wildman–Crippen MR) is 71.3 cm³/mol. The number of hydrogen-bond donors (Lipinski definition) is 2. The molecule has 0 spiro atoms. The number of rotatable bonds is 8. The summed E-state index contributed by atoms with van der Waals surface area (Å²) in [6.45, 7) is 8.64. The molecule has 1 saturated carbocycles. The lowest BCUT2D eigenvalue weighted by Gasteiger charge is -2.26. The molecule has 4 heteroatoms. The van der Waals surface area contributed by atoms with Crippen LogP contribution in [0.25, 0.3) is 0 Å². The van der Waals surface area contributed by atoms with E-state index < -0.39 is 0 Å². The van der Waals surface area contributed by atoms with Gasteiger partial charge in [0.2, 0.25) is 0 Å². The van der Waals surface area contributed by atoms with Gasteiger partial charge in [-0.2, -0.15) is 0 Å². The number of oxime groups is 1. The van der Waals surface area contributed by atoms with Crippen LogP contribution < -0.4 is 5.73 Å². The van der Waals surface area contributed by atoms with E-state index in [1.54, 1.807) is 0 Å². The van der Waals surface area contributed by atoms with Crippen LogP contribution in [0.1, 0.15) is 52.9 Å². The molecule has 0 aromatic carbocycles. The normalized spacial score (nSPS) is 17.8. The maximum Gasteiger partial charge on any atom is 0.144 e. The van der Waals surface area contributed by atoms with Crippen molar-refractivity contribution in [3.63, 3.8) is 0 Å². The van der Waals surface area contributed by atoms with Gasteiger partial charge in [-0.1, -0.05) is 25.9 Å². The SMILES string of the molecule is CCCN(CCCC(C)(C)C(N)=NO)C1CC1. The Kier molecular flexibility index (Phi) is 5.25. The Morgan fingerprint density at radius 2 is 2.06 bits per heavy atom. The van der Waals surface area contributed by atoms with Crippen molar-refractivity contribution in [3.05, 3.63) is 0 Å². The van der Waals surface area contributed by atoms with Gasteiger partial charge >= 0.3 is 0 Å². The summed E-state index contributed by atoms with van der Waals surface area (Å²) < 4.78 is 0. The fourth-order valence-corrected chi connectivity index (χ4v) is 2.19. The van der Waals surface area contributed by atoms with E-state index in [4.69, 9.17) is 10.9 Å². The van der Waals surface area contributed by atoms with Gasteiger partial charge in [-0.15, -0.1) is 0 Å². The van der Waals surface area contributed by atoms with Crippen molar-refractivity contribution in [1.82, 2.24) is 4.90 Å². The fraction of sp³-hybridized carbons (Fsp3) is 0.923. The molecule has 0 aliphatic heterocycles. The summed E-state index contributed by atoms with van der Waals surface area (Å²) in [5, 5.41) is 11.8. The van der Waals surface area contributed by atoms with E-state index in [0.717, 1.165) is 25.4 Å². The van der Waals surface area contributed by atoms with Crippen molar-refractivity contribution in [2.75, 3.05) is 13.1 Å². The second-order valence-corrected chi connectivity index (χ2v) is 5.74. The third-order valence-corrected chi connectivity index (χ3v) is 3.62. The van der Waals surface area contributed by atoms with E-state index in [-0.39, 0.29) is 5.41 Å². The molecule has 0 aromatic heterocycles. The average molecular weight is 241 g/mol. The molecule has 100 valence electrons. The molecule has 1 aliphatic rings. The van der Waals surface area contributed by atoms with Crippen LogP contribution >= 0.6 is 0 Å². The van der Waals surface area contributed by atoms with Crippen LogP contribution in [-0.2, 0) is 0 Å². The number of amidine groups is 1. The van der Waals surface area contributed by atoms with Crippen molar-refractivity contribution in [1.29, 1.82) is 0 Å². The van der Waals surface area contributed by atoms with Crippen LogP contribution in [0.15, 0.2) is 5.16 Å². The van der Waals surface area contributed by atoms with Crippen LogP contribution in [0.3, 0.4) is 0 Å². The van der Waals surface area contributed by atoms with Crippen molar-refractivity contribution >= 4 is 5.84 Å². The first-order valence-corrected chi connectivity index (χ1v) is 6.73. The summed E-state index contributed by atoms with van der Waals surface area (Å²) in [5.41, 5.74) is 5.49. The third-order valence-electron chi connectivity index (χ3n) is 3.62. The zero-order valence-electron chi connectivity index (χ0n) is 11.4. The largest absolute Gasteiger partial charge is 0.409 e. The van der Waals surface area contributed by atoms with Gasteiger partial charge in [0.1, 0.15) is 5.84 Å². The van der Waals surface area contributed by atoms with E-state index in [0.29, 0.717) is 5.84 Å². The second-order valence-electron chi connectivity index (χ2n) is 5.74. The van der Waals surface area contributed by atoms with Gasteiger partial charge < -0.3 is 15.8 Å². The zero-order chi connectivity index (χ0) is 12.9. The number of hydrogen-bond acceptors (Lipinski definition) is 3. The second kappa shape index (κ2) is 6.24. The molecule has 17 heavy (non-hydrogen) atoms. The molecule has 0 atom stereocenters. The van der Waals surface area contributed by atoms with Crippen molar-refractivity contribution in [2.24, 2.45) is 16.3 Å². The molecule has 0 unspecified atom stereocenters. The molecule has 1 rings (SSSR count). The maximum atomic E-state index is 8.71. The smallest absolute Gasteiger partial charge is 0.144 e. The molecule has 0 heterocycles. The Balaban J connectivity index is 2.30. The van der Waals surface area contributed by atoms with Gasteiger partial charge in [-0.05, 0) is 45.2 Å². The summed E-state index contributed by atoms with van der Waals surface area (Å²) in [6, 6.07) is 0.835. The lowest BCUT2D eigenvalue weighted by Crippen LogP contribution is -2.34. The molecule has 4 nitrogen and oxygen atoms in total. The van der Waals surface area contributed by atoms with E-state index in [2.05, 4.69) is 17.0 Å². The Morgan fingerprint density at radius 3 is 2.53 bits per heavy atom. The molecule has 1 fully saturated rings. The van der Waals surface area contributed by atoms with Crippen LogP contribution in [-0.4, -0.2) is 35.1 Å². The van der Waals surface area contributed by atoms with Gasteiger partial charge in [0, 0.05) is 11.5 Å². The molecular formula is C13H27N3O. The van der Waals surface area contributed by atoms with Crippen LogP contribution in [0.5, 0.6) is 0 Å². The first-order chi connectivity index (χ1) is 8.01. The zero-order valence-corrected chi connectivity index (χ0v) is 11.4. The topological polar surface area (TPSA) is 61.8 Å². The molecule has 3 N–H and O–H groups in total. The lowest BCUT2D eigenvalue weighted by atomic mass is 9.86. The Bertz CT molecular complexity index is 259. The van der Waals surface area contributed by atoms with Gasteiger partial charge in [-0.3, -0.25) is 0 Å². The van der Waals surface area contributed by atoms with Crippen molar-refractivity contribution < 1.29 is 5.21 Å².